The molecule has 4 nitrogen and oxygen atoms in total. The molecule has 2 aromatic rings. The molecule has 2 rings (SSSR count). The molecule has 0 aliphatic heterocycles. The summed E-state index contributed by atoms with van der Waals surface area (Å²) in [6.45, 7) is 0.563. The number of carboxylic acids is 1. The summed E-state index contributed by atoms with van der Waals surface area (Å²) in [4.78, 5) is 12.8. The van der Waals surface area contributed by atoms with Crippen LogP contribution in [0.1, 0.15) is 15.9 Å². The topological polar surface area (TPSA) is 49.8 Å². The van der Waals surface area contributed by atoms with Gasteiger partial charge in [0.2, 0.25) is 0 Å². The molecule has 0 aliphatic carbocycles. The van der Waals surface area contributed by atoms with Gasteiger partial charge < -0.3 is 14.7 Å². The Morgan fingerprint density at radius 2 is 1.67 bits per heavy atom. The van der Waals surface area contributed by atoms with Gasteiger partial charge in [0, 0.05) is 26.2 Å². The quantitative estimate of drug-likeness (QED) is 0.886. The summed E-state index contributed by atoms with van der Waals surface area (Å²) in [6, 6.07) is 14.8. The highest BCUT2D eigenvalue weighted by Crippen LogP contribution is 2.15. The molecule has 0 saturated carbocycles. The zero-order valence-electron chi connectivity index (χ0n) is 12.2. The van der Waals surface area contributed by atoms with Crippen LogP contribution in [0, 0.1) is 0 Å². The lowest BCUT2D eigenvalue weighted by Crippen LogP contribution is -2.08. The van der Waals surface area contributed by atoms with Crippen LogP contribution in [0.2, 0.25) is 0 Å². The molecule has 0 atom stereocenters. The van der Waals surface area contributed by atoms with Crippen molar-refractivity contribution < 1.29 is 14.6 Å². The third-order valence-electron chi connectivity index (χ3n) is 3.21. The molecule has 21 heavy (non-hydrogen) atoms. The van der Waals surface area contributed by atoms with Gasteiger partial charge in [0.15, 0.2) is 0 Å². The van der Waals surface area contributed by atoms with Crippen molar-refractivity contribution in [2.45, 2.75) is 6.42 Å². The Morgan fingerprint density at radius 1 is 1.05 bits per heavy atom. The van der Waals surface area contributed by atoms with E-state index in [0.29, 0.717) is 12.4 Å². The second kappa shape index (κ2) is 6.79. The van der Waals surface area contributed by atoms with Crippen LogP contribution in [0.25, 0.3) is 0 Å². The Hall–Kier alpha value is -2.49. The van der Waals surface area contributed by atoms with Crippen LogP contribution >= 0.6 is 0 Å². The number of aromatic carboxylic acids is 1. The van der Waals surface area contributed by atoms with Gasteiger partial charge in [-0.25, -0.2) is 4.79 Å². The van der Waals surface area contributed by atoms with Crippen LogP contribution in [0.5, 0.6) is 5.75 Å². The third-order valence-corrected chi connectivity index (χ3v) is 3.21. The standard InChI is InChI=1S/C17H19NO3/c1-18(2)15-7-3-13(4-8-15)11-12-21-16-9-5-14(6-10-16)17(19)20/h3-10H,11-12H2,1-2H3,(H,19,20). The van der Waals surface area contributed by atoms with Gasteiger partial charge in [-0.05, 0) is 42.0 Å². The average Bonchev–Trinajstić information content (AvgIpc) is 2.48. The van der Waals surface area contributed by atoms with E-state index in [1.165, 1.54) is 11.3 Å². The van der Waals surface area contributed by atoms with Crippen LogP contribution in [0.4, 0.5) is 5.69 Å². The summed E-state index contributed by atoms with van der Waals surface area (Å²) >= 11 is 0. The Bertz CT molecular complexity index is 588. The van der Waals surface area contributed by atoms with Crippen molar-refractivity contribution in [3.05, 3.63) is 59.7 Å². The van der Waals surface area contributed by atoms with Crippen LogP contribution in [0.15, 0.2) is 48.5 Å². The molecule has 0 unspecified atom stereocenters. The number of rotatable bonds is 6. The first-order valence-electron chi connectivity index (χ1n) is 6.78. The first-order valence-corrected chi connectivity index (χ1v) is 6.78. The second-order valence-electron chi connectivity index (χ2n) is 4.99. The Kier molecular flexibility index (Phi) is 4.82. The molecule has 0 spiro atoms. The number of hydrogen-bond donors (Lipinski definition) is 1. The van der Waals surface area contributed by atoms with Gasteiger partial charge >= 0.3 is 5.97 Å². The Balaban J connectivity index is 1.85. The van der Waals surface area contributed by atoms with Crippen molar-refractivity contribution in [1.29, 1.82) is 0 Å². The number of anilines is 1. The average molecular weight is 285 g/mol. The van der Waals surface area contributed by atoms with Gasteiger partial charge in [-0.15, -0.1) is 0 Å². The largest absolute Gasteiger partial charge is 0.493 e. The van der Waals surface area contributed by atoms with E-state index in [0.717, 1.165) is 6.42 Å². The molecule has 0 saturated heterocycles. The van der Waals surface area contributed by atoms with Crippen molar-refractivity contribution in [2.24, 2.45) is 0 Å². The fourth-order valence-corrected chi connectivity index (χ4v) is 1.94. The summed E-state index contributed by atoms with van der Waals surface area (Å²) in [6.07, 6.45) is 0.814. The summed E-state index contributed by atoms with van der Waals surface area (Å²) in [5.74, 6) is -0.243. The molecule has 0 bridgehead atoms. The van der Waals surface area contributed by atoms with Gasteiger partial charge in [0.05, 0.1) is 12.2 Å². The van der Waals surface area contributed by atoms with Gasteiger partial charge in [-0.1, -0.05) is 12.1 Å². The Labute approximate surface area is 124 Å². The normalized spacial score (nSPS) is 10.2. The molecule has 0 aliphatic rings. The first-order chi connectivity index (χ1) is 10.1. The molecule has 0 radical (unpaired) electrons. The smallest absolute Gasteiger partial charge is 0.335 e. The lowest BCUT2D eigenvalue weighted by molar-refractivity contribution is 0.0697. The molecular weight excluding hydrogens is 266 g/mol. The predicted molar refractivity (Wildman–Crippen MR) is 83.4 cm³/mol. The fraction of sp³-hybridized carbons (Fsp3) is 0.235. The number of hydrogen-bond acceptors (Lipinski definition) is 3. The molecule has 4 heteroatoms. The van der Waals surface area contributed by atoms with E-state index in [1.54, 1.807) is 24.3 Å². The second-order valence-corrected chi connectivity index (χ2v) is 4.99. The minimum atomic E-state index is -0.928. The SMILES string of the molecule is CN(C)c1ccc(CCOc2ccc(C(=O)O)cc2)cc1. The van der Waals surface area contributed by atoms with Crippen LogP contribution < -0.4 is 9.64 Å². The van der Waals surface area contributed by atoms with E-state index in [2.05, 4.69) is 29.2 Å². The Morgan fingerprint density at radius 3 is 2.19 bits per heavy atom. The number of carboxylic acid groups (broad SMARTS) is 1. The first kappa shape index (κ1) is 14.9. The van der Waals surface area contributed by atoms with E-state index in [9.17, 15) is 4.79 Å². The lowest BCUT2D eigenvalue weighted by Gasteiger charge is -2.12. The van der Waals surface area contributed by atoms with E-state index in [1.807, 2.05) is 14.1 Å². The maximum absolute atomic E-state index is 10.7. The highest BCUT2D eigenvalue weighted by atomic mass is 16.5. The predicted octanol–water partition coefficient (Wildman–Crippen LogP) is 3.07. The maximum atomic E-state index is 10.7. The van der Waals surface area contributed by atoms with Gasteiger partial charge in [-0.3, -0.25) is 0 Å². The van der Waals surface area contributed by atoms with Crippen molar-refractivity contribution in [3.8, 4) is 5.75 Å². The van der Waals surface area contributed by atoms with Crippen LogP contribution in [-0.4, -0.2) is 31.8 Å². The van der Waals surface area contributed by atoms with Gasteiger partial charge in [0.25, 0.3) is 0 Å². The summed E-state index contributed by atoms with van der Waals surface area (Å²) in [5, 5.41) is 8.82. The molecule has 0 fully saturated rings. The van der Waals surface area contributed by atoms with Gasteiger partial charge in [-0.2, -0.15) is 0 Å². The van der Waals surface area contributed by atoms with Crippen LogP contribution in [0.3, 0.4) is 0 Å². The van der Waals surface area contributed by atoms with Crippen molar-refractivity contribution in [2.75, 3.05) is 25.6 Å². The number of nitrogens with zero attached hydrogens (tertiary/aromatic N) is 1. The monoisotopic (exact) mass is 285 g/mol. The number of carbonyl (C=O) groups is 1. The molecule has 0 aromatic heterocycles. The van der Waals surface area contributed by atoms with E-state index in [4.69, 9.17) is 9.84 Å². The van der Waals surface area contributed by atoms with E-state index >= 15 is 0 Å². The summed E-state index contributed by atoms with van der Waals surface area (Å²) in [5.41, 5.74) is 2.65. The van der Waals surface area contributed by atoms with Gasteiger partial charge in [0.1, 0.15) is 5.75 Å². The van der Waals surface area contributed by atoms with Crippen LogP contribution in [-0.2, 0) is 6.42 Å². The fourth-order valence-electron chi connectivity index (χ4n) is 1.94. The number of benzene rings is 2. The highest BCUT2D eigenvalue weighted by molar-refractivity contribution is 5.87. The highest BCUT2D eigenvalue weighted by Gasteiger charge is 2.02. The summed E-state index contributed by atoms with van der Waals surface area (Å²) < 4.78 is 5.62. The minimum Gasteiger partial charge on any atom is -0.493 e. The molecule has 1 N–H and O–H groups in total. The third kappa shape index (κ3) is 4.24. The molecular formula is C17H19NO3. The zero-order valence-corrected chi connectivity index (χ0v) is 12.2. The zero-order chi connectivity index (χ0) is 15.2. The minimum absolute atomic E-state index is 0.265. The van der Waals surface area contributed by atoms with Crippen molar-refractivity contribution in [3.63, 3.8) is 0 Å². The molecule has 0 amide bonds. The molecule has 0 heterocycles. The van der Waals surface area contributed by atoms with E-state index in [-0.39, 0.29) is 5.56 Å². The van der Waals surface area contributed by atoms with Crippen molar-refractivity contribution >= 4 is 11.7 Å². The maximum Gasteiger partial charge on any atom is 0.335 e. The van der Waals surface area contributed by atoms with Crippen molar-refractivity contribution in [1.82, 2.24) is 0 Å². The lowest BCUT2D eigenvalue weighted by atomic mass is 10.1. The summed E-state index contributed by atoms with van der Waals surface area (Å²) in [7, 11) is 4.03. The molecule has 2 aromatic carbocycles. The van der Waals surface area contributed by atoms with E-state index < -0.39 is 5.97 Å². The number of ether oxygens (including phenoxy) is 1. The molecule has 110 valence electrons.